The first kappa shape index (κ1) is 21.7. The van der Waals surface area contributed by atoms with Crippen LogP contribution in [0.3, 0.4) is 0 Å². The summed E-state index contributed by atoms with van der Waals surface area (Å²) in [6, 6.07) is 3.10. The van der Waals surface area contributed by atoms with Gasteiger partial charge in [-0.3, -0.25) is 4.79 Å². The highest BCUT2D eigenvalue weighted by Gasteiger charge is 2.29. The highest BCUT2D eigenvalue weighted by Crippen LogP contribution is 2.28. The van der Waals surface area contributed by atoms with E-state index in [1.807, 2.05) is 6.92 Å². The average Bonchev–Trinajstić information content (AvgIpc) is 2.78. The van der Waals surface area contributed by atoms with Gasteiger partial charge in [0.2, 0.25) is 5.91 Å². The molecule has 1 fully saturated rings. The molecule has 24 heavy (non-hydrogen) atoms. The Balaban J connectivity index is 0.00000288. The van der Waals surface area contributed by atoms with Crippen molar-refractivity contribution in [3.63, 3.8) is 0 Å². The second kappa shape index (κ2) is 9.35. The van der Waals surface area contributed by atoms with Gasteiger partial charge >= 0.3 is 0 Å². The van der Waals surface area contributed by atoms with E-state index in [1.165, 1.54) is 10.4 Å². The highest BCUT2D eigenvalue weighted by molar-refractivity contribution is 7.91. The van der Waals surface area contributed by atoms with E-state index in [1.54, 1.807) is 11.0 Å². The number of carbonyl (C=O) groups excluding carboxylic acids is 1. The first-order valence-electron chi connectivity index (χ1n) is 7.59. The quantitative estimate of drug-likeness (QED) is 0.798. The van der Waals surface area contributed by atoms with E-state index in [0.29, 0.717) is 49.8 Å². The van der Waals surface area contributed by atoms with Crippen LogP contribution in [0.25, 0.3) is 0 Å². The molecule has 2 rings (SSSR count). The summed E-state index contributed by atoms with van der Waals surface area (Å²) in [5.41, 5.74) is 5.68. The van der Waals surface area contributed by atoms with Gasteiger partial charge in [-0.25, -0.2) is 8.42 Å². The molecule has 1 aliphatic heterocycles. The summed E-state index contributed by atoms with van der Waals surface area (Å²) in [7, 11) is -3.53. The van der Waals surface area contributed by atoms with Gasteiger partial charge in [0.1, 0.15) is 4.21 Å². The number of nitrogens with two attached hydrogens (primary N) is 1. The van der Waals surface area contributed by atoms with Crippen molar-refractivity contribution in [1.82, 2.24) is 9.21 Å². The fourth-order valence-corrected chi connectivity index (χ4v) is 5.56. The molecule has 138 valence electrons. The minimum absolute atomic E-state index is 0. The third-order valence-electron chi connectivity index (χ3n) is 3.76. The molecule has 0 aromatic carbocycles. The van der Waals surface area contributed by atoms with Gasteiger partial charge < -0.3 is 10.6 Å². The number of rotatable bonds is 5. The predicted molar refractivity (Wildman–Crippen MR) is 99.4 cm³/mol. The Morgan fingerprint density at radius 2 is 2.04 bits per heavy atom. The molecule has 6 nitrogen and oxygen atoms in total. The van der Waals surface area contributed by atoms with Crippen molar-refractivity contribution in [2.24, 2.45) is 5.73 Å². The number of carbonyl (C=O) groups is 1. The Kier molecular flexibility index (Phi) is 8.44. The zero-order valence-corrected chi connectivity index (χ0v) is 16.7. The maximum atomic E-state index is 12.6. The Bertz CT molecular complexity index is 649. The van der Waals surface area contributed by atoms with E-state index < -0.39 is 10.0 Å². The summed E-state index contributed by atoms with van der Waals surface area (Å²) >= 11 is 6.89. The average molecular weight is 416 g/mol. The molecule has 1 unspecified atom stereocenters. The molecule has 0 aliphatic carbocycles. The van der Waals surface area contributed by atoms with Crippen LogP contribution in [0, 0.1) is 0 Å². The molecule has 2 heterocycles. The van der Waals surface area contributed by atoms with Crippen LogP contribution in [0.5, 0.6) is 0 Å². The third-order valence-corrected chi connectivity index (χ3v) is 7.36. The van der Waals surface area contributed by atoms with E-state index in [9.17, 15) is 13.2 Å². The van der Waals surface area contributed by atoms with Gasteiger partial charge in [0.15, 0.2) is 0 Å². The van der Waals surface area contributed by atoms with Gasteiger partial charge in [0.25, 0.3) is 10.0 Å². The highest BCUT2D eigenvalue weighted by atomic mass is 35.5. The van der Waals surface area contributed by atoms with Gasteiger partial charge in [-0.2, -0.15) is 4.31 Å². The van der Waals surface area contributed by atoms with Gasteiger partial charge in [-0.15, -0.1) is 23.7 Å². The molecule has 1 saturated heterocycles. The summed E-state index contributed by atoms with van der Waals surface area (Å²) in [4.78, 5) is 13.9. The Morgan fingerprint density at radius 1 is 1.33 bits per heavy atom. The lowest BCUT2D eigenvalue weighted by Gasteiger charge is -2.22. The third kappa shape index (κ3) is 5.57. The molecule has 0 saturated carbocycles. The normalized spacial score (nSPS) is 17.9. The van der Waals surface area contributed by atoms with Crippen molar-refractivity contribution in [2.45, 2.75) is 36.4 Å². The van der Waals surface area contributed by atoms with Crippen LogP contribution < -0.4 is 5.73 Å². The van der Waals surface area contributed by atoms with Gasteiger partial charge in [-0.05, 0) is 31.9 Å². The molecule has 1 aromatic heterocycles. The topological polar surface area (TPSA) is 83.7 Å². The van der Waals surface area contributed by atoms with Crippen LogP contribution in [-0.2, 0) is 14.8 Å². The van der Waals surface area contributed by atoms with Crippen LogP contribution >= 0.6 is 35.3 Å². The molecule has 0 bridgehead atoms. The first-order chi connectivity index (χ1) is 10.8. The molecule has 1 amide bonds. The lowest BCUT2D eigenvalue weighted by Crippen LogP contribution is -2.37. The van der Waals surface area contributed by atoms with Gasteiger partial charge in [-0.1, -0.05) is 11.6 Å². The Hall–Kier alpha value is -0.380. The fourth-order valence-electron chi connectivity index (χ4n) is 2.46. The van der Waals surface area contributed by atoms with Gasteiger partial charge in [0.05, 0.1) is 4.34 Å². The van der Waals surface area contributed by atoms with E-state index >= 15 is 0 Å². The monoisotopic (exact) mass is 415 g/mol. The van der Waals surface area contributed by atoms with Crippen molar-refractivity contribution in [2.75, 3.05) is 26.2 Å². The molecule has 1 atom stereocenters. The molecule has 1 aromatic rings. The summed E-state index contributed by atoms with van der Waals surface area (Å²) in [6.07, 6.45) is 1.68. The van der Waals surface area contributed by atoms with Crippen LogP contribution in [0.1, 0.15) is 26.2 Å². The second-order valence-electron chi connectivity index (χ2n) is 5.71. The number of hydrogen-bond acceptors (Lipinski definition) is 5. The van der Waals surface area contributed by atoms with Crippen molar-refractivity contribution >= 4 is 51.3 Å². The summed E-state index contributed by atoms with van der Waals surface area (Å²) in [6.45, 7) is 3.58. The van der Waals surface area contributed by atoms with Crippen LogP contribution in [0.15, 0.2) is 16.3 Å². The number of hydrogen-bond donors (Lipinski definition) is 1. The standard InChI is InChI=1S/C14H22ClN3O3S2.ClH/c1-11(16)3-5-13(19)17-7-2-8-18(10-9-17)23(20,21)14-6-4-12(15)22-14;/h4,6,11H,2-3,5,7-10,16H2,1H3;1H. The predicted octanol–water partition coefficient (Wildman–Crippen LogP) is 2.17. The molecule has 0 radical (unpaired) electrons. The molecule has 1 aliphatic rings. The second-order valence-corrected chi connectivity index (χ2v) is 9.59. The summed E-state index contributed by atoms with van der Waals surface area (Å²) < 4.78 is 27.3. The van der Waals surface area contributed by atoms with E-state index in [-0.39, 0.29) is 28.6 Å². The first-order valence-corrected chi connectivity index (χ1v) is 10.2. The minimum Gasteiger partial charge on any atom is -0.341 e. The van der Waals surface area contributed by atoms with Crippen LogP contribution in [-0.4, -0.2) is 55.8 Å². The van der Waals surface area contributed by atoms with E-state index in [4.69, 9.17) is 17.3 Å². The van der Waals surface area contributed by atoms with Crippen molar-refractivity contribution in [3.8, 4) is 0 Å². The molecular formula is C14H23Cl2N3O3S2. The van der Waals surface area contributed by atoms with Gasteiger partial charge in [0, 0.05) is 38.6 Å². The number of nitrogens with zero attached hydrogens (tertiary/aromatic N) is 2. The van der Waals surface area contributed by atoms with Crippen LogP contribution in [0.4, 0.5) is 0 Å². The largest absolute Gasteiger partial charge is 0.341 e. The number of thiophene rings is 1. The Morgan fingerprint density at radius 3 is 2.62 bits per heavy atom. The molecule has 0 spiro atoms. The van der Waals surface area contributed by atoms with Crippen molar-refractivity contribution < 1.29 is 13.2 Å². The smallest absolute Gasteiger partial charge is 0.252 e. The van der Waals surface area contributed by atoms with E-state index in [2.05, 4.69) is 0 Å². The van der Waals surface area contributed by atoms with Crippen LogP contribution in [0.2, 0.25) is 4.34 Å². The number of halogens is 2. The maximum Gasteiger partial charge on any atom is 0.252 e. The summed E-state index contributed by atoms with van der Waals surface area (Å²) in [5.74, 6) is 0.0423. The summed E-state index contributed by atoms with van der Waals surface area (Å²) in [5, 5.41) is 0. The maximum absolute atomic E-state index is 12.6. The van der Waals surface area contributed by atoms with Crippen molar-refractivity contribution in [1.29, 1.82) is 0 Å². The minimum atomic E-state index is -3.53. The lowest BCUT2D eigenvalue weighted by atomic mass is 10.2. The lowest BCUT2D eigenvalue weighted by molar-refractivity contribution is -0.131. The Labute approximate surface area is 158 Å². The SMILES string of the molecule is CC(N)CCC(=O)N1CCCN(S(=O)(=O)c2ccc(Cl)s2)CC1.Cl. The fraction of sp³-hybridized carbons (Fsp3) is 0.643. The zero-order valence-electron chi connectivity index (χ0n) is 13.5. The zero-order chi connectivity index (χ0) is 17.0. The van der Waals surface area contributed by atoms with Crippen molar-refractivity contribution in [3.05, 3.63) is 16.5 Å². The number of amides is 1. The molecular weight excluding hydrogens is 393 g/mol. The molecule has 2 N–H and O–H groups in total. The number of sulfonamides is 1. The molecule has 10 heteroatoms. The van der Waals surface area contributed by atoms with E-state index in [0.717, 1.165) is 11.3 Å².